The molecule has 0 fully saturated rings. The van der Waals surface area contributed by atoms with Crippen molar-refractivity contribution in [3.63, 3.8) is 0 Å². The van der Waals surface area contributed by atoms with E-state index in [9.17, 15) is 0 Å². The maximum atomic E-state index is 3.45. The Morgan fingerprint density at radius 3 is 2.71 bits per heavy atom. The quantitative estimate of drug-likeness (QED) is 0.705. The molecule has 0 radical (unpaired) electrons. The van der Waals surface area contributed by atoms with E-state index in [0.29, 0.717) is 0 Å². The summed E-state index contributed by atoms with van der Waals surface area (Å²) in [5.74, 6) is 0. The van der Waals surface area contributed by atoms with Crippen molar-refractivity contribution in [3.05, 3.63) is 53.6 Å². The molecule has 0 heterocycles. The molecule has 1 nitrogen and oxygen atoms in total. The summed E-state index contributed by atoms with van der Waals surface area (Å²) < 4.78 is 0. The largest absolute Gasteiger partial charge is 0.385 e. The minimum Gasteiger partial charge on any atom is -0.385 e. The maximum absolute atomic E-state index is 3.45. The fraction of sp³-hybridized carbons (Fsp3) is 0.250. The molecule has 0 saturated heterocycles. The number of rotatable bonds is 3. The highest BCUT2D eigenvalue weighted by molar-refractivity contribution is 5.78. The Labute approximate surface area is 102 Å². The highest BCUT2D eigenvalue weighted by atomic mass is 14.9. The van der Waals surface area contributed by atoms with E-state index in [4.69, 9.17) is 0 Å². The van der Waals surface area contributed by atoms with Gasteiger partial charge >= 0.3 is 0 Å². The minimum atomic E-state index is 1.05. The normalized spacial score (nSPS) is 12.1. The lowest BCUT2D eigenvalue weighted by molar-refractivity contribution is 0.979. The Balaban J connectivity index is 1.95. The van der Waals surface area contributed by atoms with Gasteiger partial charge in [0.05, 0.1) is 0 Å². The van der Waals surface area contributed by atoms with Crippen LogP contribution in [-0.4, -0.2) is 6.54 Å². The molecule has 2 aromatic rings. The number of benzene rings is 2. The van der Waals surface area contributed by atoms with Crippen LogP contribution in [0.5, 0.6) is 0 Å². The van der Waals surface area contributed by atoms with E-state index in [0.717, 1.165) is 19.4 Å². The first kappa shape index (κ1) is 10.4. The van der Waals surface area contributed by atoms with Crippen LogP contribution in [-0.2, 0) is 6.42 Å². The van der Waals surface area contributed by atoms with Gasteiger partial charge in [0.1, 0.15) is 0 Å². The zero-order chi connectivity index (χ0) is 11.7. The van der Waals surface area contributed by atoms with Gasteiger partial charge in [-0.1, -0.05) is 37.3 Å². The van der Waals surface area contributed by atoms with Crippen LogP contribution in [0.1, 0.15) is 24.5 Å². The van der Waals surface area contributed by atoms with Gasteiger partial charge < -0.3 is 5.32 Å². The summed E-state index contributed by atoms with van der Waals surface area (Å²) in [6, 6.07) is 15.4. The van der Waals surface area contributed by atoms with Crippen molar-refractivity contribution in [2.24, 2.45) is 0 Å². The molecule has 0 amide bonds. The third-order valence-electron chi connectivity index (χ3n) is 3.37. The lowest BCUT2D eigenvalue weighted by Crippen LogP contribution is -1.99. The Morgan fingerprint density at radius 2 is 1.82 bits per heavy atom. The van der Waals surface area contributed by atoms with Crippen LogP contribution in [0.3, 0.4) is 0 Å². The predicted octanol–water partition coefficient (Wildman–Crippen LogP) is 4.08. The third-order valence-corrected chi connectivity index (χ3v) is 3.37. The summed E-state index contributed by atoms with van der Waals surface area (Å²) in [6.45, 7) is 3.24. The topological polar surface area (TPSA) is 12.0 Å². The standard InChI is InChI=1S/C16H17N/c1-2-9-17-14-7-8-16-13(11-14)10-12-5-3-4-6-15(12)16/h3-8,11,17H,2,9-10H2,1H3. The molecule has 1 heteroatoms. The van der Waals surface area contributed by atoms with Crippen LogP contribution in [0.4, 0.5) is 5.69 Å². The summed E-state index contributed by atoms with van der Waals surface area (Å²) in [5.41, 5.74) is 6.97. The van der Waals surface area contributed by atoms with Gasteiger partial charge in [0.15, 0.2) is 0 Å². The van der Waals surface area contributed by atoms with E-state index in [-0.39, 0.29) is 0 Å². The predicted molar refractivity (Wildman–Crippen MR) is 73.5 cm³/mol. The van der Waals surface area contributed by atoms with E-state index in [2.05, 4.69) is 54.7 Å². The van der Waals surface area contributed by atoms with Crippen LogP contribution in [0.2, 0.25) is 0 Å². The summed E-state index contributed by atoms with van der Waals surface area (Å²) in [6.07, 6.45) is 2.24. The molecule has 0 aromatic heterocycles. The van der Waals surface area contributed by atoms with Gasteiger partial charge in [-0.05, 0) is 47.2 Å². The summed E-state index contributed by atoms with van der Waals surface area (Å²) in [4.78, 5) is 0. The Morgan fingerprint density at radius 1 is 1.00 bits per heavy atom. The van der Waals surface area contributed by atoms with Gasteiger partial charge in [0.25, 0.3) is 0 Å². The van der Waals surface area contributed by atoms with Crippen LogP contribution in [0.25, 0.3) is 11.1 Å². The highest BCUT2D eigenvalue weighted by Gasteiger charge is 2.17. The van der Waals surface area contributed by atoms with Crippen LogP contribution < -0.4 is 5.32 Å². The Bertz CT molecular complexity index is 543. The fourth-order valence-electron chi connectivity index (χ4n) is 2.52. The van der Waals surface area contributed by atoms with Crippen LogP contribution >= 0.6 is 0 Å². The van der Waals surface area contributed by atoms with Gasteiger partial charge in [-0.25, -0.2) is 0 Å². The zero-order valence-corrected chi connectivity index (χ0v) is 10.2. The second-order valence-corrected chi connectivity index (χ2v) is 4.63. The highest BCUT2D eigenvalue weighted by Crippen LogP contribution is 2.37. The molecule has 86 valence electrons. The molecule has 3 rings (SSSR count). The number of fused-ring (bicyclic) bond motifs is 3. The average molecular weight is 223 g/mol. The first-order valence-corrected chi connectivity index (χ1v) is 6.33. The molecule has 1 aliphatic carbocycles. The Kier molecular flexibility index (Phi) is 2.60. The molecular weight excluding hydrogens is 206 g/mol. The van der Waals surface area contributed by atoms with Gasteiger partial charge in [-0.3, -0.25) is 0 Å². The Hall–Kier alpha value is -1.76. The van der Waals surface area contributed by atoms with E-state index in [1.807, 2.05) is 0 Å². The monoisotopic (exact) mass is 223 g/mol. The van der Waals surface area contributed by atoms with Gasteiger partial charge in [0.2, 0.25) is 0 Å². The third kappa shape index (κ3) is 1.82. The SMILES string of the molecule is CCCNc1ccc2c(c1)Cc1ccccc1-2. The molecule has 0 saturated carbocycles. The molecule has 1 N–H and O–H groups in total. The first-order chi connectivity index (χ1) is 8.38. The molecule has 0 spiro atoms. The zero-order valence-electron chi connectivity index (χ0n) is 10.2. The number of anilines is 1. The van der Waals surface area contributed by atoms with Gasteiger partial charge in [-0.15, -0.1) is 0 Å². The molecule has 2 aromatic carbocycles. The van der Waals surface area contributed by atoms with Crippen molar-refractivity contribution < 1.29 is 0 Å². The van der Waals surface area contributed by atoms with Crippen molar-refractivity contribution in [2.75, 3.05) is 11.9 Å². The second-order valence-electron chi connectivity index (χ2n) is 4.63. The smallest absolute Gasteiger partial charge is 0.0343 e. The van der Waals surface area contributed by atoms with E-state index >= 15 is 0 Å². The van der Waals surface area contributed by atoms with E-state index in [1.165, 1.54) is 27.9 Å². The second kappa shape index (κ2) is 4.25. The molecular formula is C16H17N. The number of hydrogen-bond acceptors (Lipinski definition) is 1. The van der Waals surface area contributed by atoms with Crippen molar-refractivity contribution in [1.29, 1.82) is 0 Å². The molecule has 17 heavy (non-hydrogen) atoms. The number of hydrogen-bond donors (Lipinski definition) is 1. The maximum Gasteiger partial charge on any atom is 0.0343 e. The summed E-state index contributed by atoms with van der Waals surface area (Å²) in [7, 11) is 0. The summed E-state index contributed by atoms with van der Waals surface area (Å²) in [5, 5.41) is 3.45. The molecule has 0 unspecified atom stereocenters. The van der Waals surface area contributed by atoms with Crippen molar-refractivity contribution in [3.8, 4) is 11.1 Å². The van der Waals surface area contributed by atoms with Crippen molar-refractivity contribution in [1.82, 2.24) is 0 Å². The first-order valence-electron chi connectivity index (χ1n) is 6.33. The van der Waals surface area contributed by atoms with Crippen LogP contribution in [0.15, 0.2) is 42.5 Å². The minimum absolute atomic E-state index is 1.05. The molecule has 0 bridgehead atoms. The fourth-order valence-corrected chi connectivity index (χ4v) is 2.52. The van der Waals surface area contributed by atoms with Crippen LogP contribution in [0, 0.1) is 0 Å². The molecule has 0 aliphatic heterocycles. The lowest BCUT2D eigenvalue weighted by atomic mass is 10.1. The van der Waals surface area contributed by atoms with Gasteiger partial charge in [-0.2, -0.15) is 0 Å². The lowest BCUT2D eigenvalue weighted by Gasteiger charge is -2.07. The van der Waals surface area contributed by atoms with Gasteiger partial charge in [0, 0.05) is 12.2 Å². The molecule has 0 atom stereocenters. The molecule has 1 aliphatic rings. The van der Waals surface area contributed by atoms with E-state index < -0.39 is 0 Å². The van der Waals surface area contributed by atoms with Crippen molar-refractivity contribution in [2.45, 2.75) is 19.8 Å². The number of nitrogens with one attached hydrogen (secondary N) is 1. The van der Waals surface area contributed by atoms with E-state index in [1.54, 1.807) is 0 Å². The summed E-state index contributed by atoms with van der Waals surface area (Å²) >= 11 is 0. The van der Waals surface area contributed by atoms with Crippen molar-refractivity contribution >= 4 is 5.69 Å². The average Bonchev–Trinajstić information content (AvgIpc) is 2.74.